The third-order valence-electron chi connectivity index (χ3n) is 3.32. The lowest BCUT2D eigenvalue weighted by atomic mass is 10.1. The van der Waals surface area contributed by atoms with Crippen LogP contribution in [0.1, 0.15) is 35.6 Å². The number of benzene rings is 1. The Kier molecular flexibility index (Phi) is 4.60. The Morgan fingerprint density at radius 1 is 1.19 bits per heavy atom. The molecule has 0 aliphatic carbocycles. The highest BCUT2D eigenvalue weighted by molar-refractivity contribution is 9.10. The van der Waals surface area contributed by atoms with E-state index in [0.29, 0.717) is 0 Å². The first-order valence-electron chi connectivity index (χ1n) is 6.56. The van der Waals surface area contributed by atoms with E-state index in [1.54, 1.807) is 25.1 Å². The topological polar surface area (TPSA) is 59.3 Å². The highest BCUT2D eigenvalue weighted by Gasteiger charge is 2.21. The Hall–Kier alpha value is -1.11. The molecule has 1 N–H and O–H groups in total. The van der Waals surface area contributed by atoms with E-state index < -0.39 is 10.0 Å². The molecular formula is C15H18BrNO3S. The van der Waals surface area contributed by atoms with Crippen LogP contribution in [0.4, 0.5) is 0 Å². The Morgan fingerprint density at radius 3 is 2.38 bits per heavy atom. The van der Waals surface area contributed by atoms with Gasteiger partial charge in [0.05, 0.1) is 4.90 Å². The molecule has 1 aromatic carbocycles. The van der Waals surface area contributed by atoms with E-state index in [2.05, 4.69) is 20.7 Å². The summed E-state index contributed by atoms with van der Waals surface area (Å²) in [4.78, 5) is 0.257. The predicted octanol–water partition coefficient (Wildman–Crippen LogP) is 4.01. The van der Waals surface area contributed by atoms with E-state index in [1.807, 2.05) is 26.8 Å². The maximum atomic E-state index is 12.4. The van der Waals surface area contributed by atoms with E-state index in [1.165, 1.54) is 0 Å². The van der Waals surface area contributed by atoms with E-state index in [4.69, 9.17) is 4.42 Å². The number of nitrogens with one attached hydrogen (secondary N) is 1. The number of furan rings is 1. The number of halogens is 1. The predicted molar refractivity (Wildman–Crippen MR) is 85.8 cm³/mol. The summed E-state index contributed by atoms with van der Waals surface area (Å²) in [5, 5.41) is 0. The summed E-state index contributed by atoms with van der Waals surface area (Å²) in [6.07, 6.45) is 0. The van der Waals surface area contributed by atoms with Gasteiger partial charge in [-0.1, -0.05) is 15.9 Å². The minimum Gasteiger partial charge on any atom is -0.466 e. The van der Waals surface area contributed by atoms with Gasteiger partial charge < -0.3 is 4.42 Å². The SMILES string of the molecule is Cc1cc(C(C)NS(=O)(=O)c2ccc(Br)c(C)c2)c(C)o1. The molecule has 0 aliphatic rings. The highest BCUT2D eigenvalue weighted by atomic mass is 79.9. The molecule has 0 amide bonds. The summed E-state index contributed by atoms with van der Waals surface area (Å²) >= 11 is 3.37. The maximum Gasteiger partial charge on any atom is 0.241 e. The van der Waals surface area contributed by atoms with Crippen molar-refractivity contribution in [3.8, 4) is 0 Å². The van der Waals surface area contributed by atoms with Crippen LogP contribution in [0.2, 0.25) is 0 Å². The van der Waals surface area contributed by atoms with Gasteiger partial charge >= 0.3 is 0 Å². The minimum absolute atomic E-state index is 0.257. The fraction of sp³-hybridized carbons (Fsp3) is 0.333. The fourth-order valence-electron chi connectivity index (χ4n) is 2.23. The molecule has 0 aliphatic heterocycles. The molecule has 0 saturated heterocycles. The van der Waals surface area contributed by atoms with Crippen molar-refractivity contribution < 1.29 is 12.8 Å². The average molecular weight is 372 g/mol. The molecule has 21 heavy (non-hydrogen) atoms. The second-order valence-electron chi connectivity index (χ2n) is 5.12. The van der Waals surface area contributed by atoms with Crippen LogP contribution in [-0.4, -0.2) is 8.42 Å². The molecule has 1 atom stereocenters. The van der Waals surface area contributed by atoms with Gasteiger partial charge in [0.2, 0.25) is 10.0 Å². The molecule has 1 unspecified atom stereocenters. The first-order chi connectivity index (χ1) is 9.70. The fourth-order valence-corrected chi connectivity index (χ4v) is 3.78. The van der Waals surface area contributed by atoms with Crippen molar-refractivity contribution in [3.63, 3.8) is 0 Å². The minimum atomic E-state index is -3.57. The van der Waals surface area contributed by atoms with Crippen molar-refractivity contribution in [2.75, 3.05) is 0 Å². The van der Waals surface area contributed by atoms with Gasteiger partial charge in [-0.3, -0.25) is 0 Å². The molecule has 0 fully saturated rings. The quantitative estimate of drug-likeness (QED) is 0.882. The number of hydrogen-bond acceptors (Lipinski definition) is 3. The molecule has 1 aromatic heterocycles. The van der Waals surface area contributed by atoms with Gasteiger partial charge in [0, 0.05) is 16.1 Å². The zero-order chi connectivity index (χ0) is 15.8. The largest absolute Gasteiger partial charge is 0.466 e. The van der Waals surface area contributed by atoms with Crippen LogP contribution in [0.5, 0.6) is 0 Å². The van der Waals surface area contributed by atoms with Gasteiger partial charge in [0.25, 0.3) is 0 Å². The number of aryl methyl sites for hydroxylation is 3. The molecule has 6 heteroatoms. The van der Waals surface area contributed by atoms with Crippen molar-refractivity contribution in [3.05, 3.63) is 51.4 Å². The molecule has 4 nitrogen and oxygen atoms in total. The zero-order valence-corrected chi connectivity index (χ0v) is 14.8. The Balaban J connectivity index is 2.28. The summed E-state index contributed by atoms with van der Waals surface area (Å²) in [6, 6.07) is 6.47. The number of sulfonamides is 1. The molecule has 0 saturated carbocycles. The van der Waals surface area contributed by atoms with Gasteiger partial charge in [0.15, 0.2) is 0 Å². The van der Waals surface area contributed by atoms with Crippen LogP contribution >= 0.6 is 15.9 Å². The van der Waals surface area contributed by atoms with Crippen LogP contribution in [0.25, 0.3) is 0 Å². The number of rotatable bonds is 4. The van der Waals surface area contributed by atoms with Crippen molar-refractivity contribution >= 4 is 26.0 Å². The van der Waals surface area contributed by atoms with Gasteiger partial charge in [-0.25, -0.2) is 13.1 Å². The lowest BCUT2D eigenvalue weighted by molar-refractivity contribution is 0.496. The molecule has 2 aromatic rings. The van der Waals surface area contributed by atoms with Crippen LogP contribution in [0.15, 0.2) is 38.1 Å². The molecule has 0 bridgehead atoms. The van der Waals surface area contributed by atoms with Crippen molar-refractivity contribution in [1.29, 1.82) is 0 Å². The van der Waals surface area contributed by atoms with Crippen molar-refractivity contribution in [2.45, 2.75) is 38.6 Å². The summed E-state index contributed by atoms with van der Waals surface area (Å²) < 4.78 is 33.9. The summed E-state index contributed by atoms with van der Waals surface area (Å²) in [5.41, 5.74) is 1.73. The highest BCUT2D eigenvalue weighted by Crippen LogP contribution is 2.24. The van der Waals surface area contributed by atoms with Gasteiger partial charge in [-0.05, 0) is 57.5 Å². The summed E-state index contributed by atoms with van der Waals surface area (Å²) in [5.74, 6) is 1.50. The normalized spacial score (nSPS) is 13.4. The van der Waals surface area contributed by atoms with Gasteiger partial charge in [0.1, 0.15) is 11.5 Å². The summed E-state index contributed by atoms with van der Waals surface area (Å²) in [6.45, 7) is 7.34. The van der Waals surface area contributed by atoms with E-state index in [9.17, 15) is 8.42 Å². The van der Waals surface area contributed by atoms with E-state index in [-0.39, 0.29) is 10.9 Å². The second-order valence-corrected chi connectivity index (χ2v) is 7.69. The number of hydrogen-bond donors (Lipinski definition) is 1. The molecule has 1 heterocycles. The van der Waals surface area contributed by atoms with E-state index in [0.717, 1.165) is 27.1 Å². The monoisotopic (exact) mass is 371 g/mol. The lowest BCUT2D eigenvalue weighted by Gasteiger charge is -2.14. The molecule has 0 spiro atoms. The average Bonchev–Trinajstić information content (AvgIpc) is 2.71. The Bertz CT molecular complexity index is 765. The van der Waals surface area contributed by atoms with Crippen LogP contribution in [0, 0.1) is 20.8 Å². The molecular weight excluding hydrogens is 354 g/mol. The third kappa shape index (κ3) is 3.56. The van der Waals surface area contributed by atoms with Crippen molar-refractivity contribution in [1.82, 2.24) is 4.72 Å². The first-order valence-corrected chi connectivity index (χ1v) is 8.84. The smallest absolute Gasteiger partial charge is 0.241 e. The third-order valence-corrected chi connectivity index (χ3v) is 5.75. The van der Waals surface area contributed by atoms with E-state index >= 15 is 0 Å². The Morgan fingerprint density at radius 2 is 1.86 bits per heavy atom. The van der Waals surface area contributed by atoms with Crippen LogP contribution in [0.3, 0.4) is 0 Å². The second kappa shape index (κ2) is 5.94. The zero-order valence-electron chi connectivity index (χ0n) is 12.4. The molecule has 2 rings (SSSR count). The maximum absolute atomic E-state index is 12.4. The van der Waals surface area contributed by atoms with Gasteiger partial charge in [-0.2, -0.15) is 0 Å². The van der Waals surface area contributed by atoms with Gasteiger partial charge in [-0.15, -0.1) is 0 Å². The molecule has 0 radical (unpaired) electrons. The lowest BCUT2D eigenvalue weighted by Crippen LogP contribution is -2.27. The first kappa shape index (κ1) is 16.3. The van der Waals surface area contributed by atoms with Crippen molar-refractivity contribution in [2.24, 2.45) is 0 Å². The summed E-state index contributed by atoms with van der Waals surface area (Å²) in [7, 11) is -3.57. The van der Waals surface area contributed by atoms with Crippen LogP contribution in [-0.2, 0) is 10.0 Å². The standard InChI is InChI=1S/C15H18BrNO3S/c1-9-7-13(5-6-15(9)16)21(18,19)17-11(3)14-8-10(2)20-12(14)4/h5-8,11,17H,1-4H3. The molecule has 114 valence electrons. The van der Waals surface area contributed by atoms with Crippen LogP contribution < -0.4 is 4.72 Å². The Labute approximate surface area is 133 Å².